The van der Waals surface area contributed by atoms with E-state index in [0.29, 0.717) is 5.92 Å². The van der Waals surface area contributed by atoms with Gasteiger partial charge in [0.2, 0.25) is 0 Å². The number of amides is 1. The summed E-state index contributed by atoms with van der Waals surface area (Å²) in [6.07, 6.45) is 3.27. The molecule has 0 unspecified atom stereocenters. The highest BCUT2D eigenvalue weighted by molar-refractivity contribution is 6.30. The SMILES string of the molecule is C[C@@H](OC(=O)c1cc(Cl)ccc1F)C(=O)N[C@@H]1CCCC[C@@H]1C. The third-order valence-electron chi connectivity index (χ3n) is 4.24. The van der Waals surface area contributed by atoms with E-state index in [1.807, 2.05) is 0 Å². The molecule has 1 aromatic rings. The van der Waals surface area contributed by atoms with Gasteiger partial charge < -0.3 is 10.1 Å². The summed E-state index contributed by atoms with van der Waals surface area (Å²) in [5.41, 5.74) is -0.275. The Kier molecular flexibility index (Phi) is 5.99. The number of carbonyl (C=O) groups excluding carboxylic acids is 2. The van der Waals surface area contributed by atoms with E-state index >= 15 is 0 Å². The second-order valence-electron chi connectivity index (χ2n) is 6.05. The monoisotopic (exact) mass is 341 g/mol. The van der Waals surface area contributed by atoms with Crippen LogP contribution in [0.2, 0.25) is 5.02 Å². The van der Waals surface area contributed by atoms with Crippen molar-refractivity contribution in [2.75, 3.05) is 0 Å². The molecule has 0 bridgehead atoms. The van der Waals surface area contributed by atoms with Crippen LogP contribution in [0, 0.1) is 11.7 Å². The van der Waals surface area contributed by atoms with Gasteiger partial charge in [-0.2, -0.15) is 0 Å². The average molecular weight is 342 g/mol. The standard InChI is InChI=1S/C17H21ClFNO3/c1-10-5-3-4-6-15(10)20-16(21)11(2)23-17(22)13-9-12(18)7-8-14(13)19/h7-11,15H,3-6H2,1-2H3,(H,20,21)/t10-,11+,15+/m0/s1. The van der Waals surface area contributed by atoms with Gasteiger partial charge in [-0.15, -0.1) is 0 Å². The maximum Gasteiger partial charge on any atom is 0.341 e. The summed E-state index contributed by atoms with van der Waals surface area (Å²) in [7, 11) is 0. The number of hydrogen-bond donors (Lipinski definition) is 1. The molecule has 126 valence electrons. The first kappa shape index (κ1) is 17.7. The Morgan fingerprint density at radius 1 is 1.35 bits per heavy atom. The lowest BCUT2D eigenvalue weighted by atomic mass is 9.86. The number of ether oxygens (including phenoxy) is 1. The van der Waals surface area contributed by atoms with Crippen molar-refractivity contribution < 1.29 is 18.7 Å². The van der Waals surface area contributed by atoms with Gasteiger partial charge in [0, 0.05) is 11.1 Å². The van der Waals surface area contributed by atoms with Crippen molar-refractivity contribution in [1.29, 1.82) is 0 Å². The van der Waals surface area contributed by atoms with Gasteiger partial charge in [0.1, 0.15) is 5.82 Å². The third kappa shape index (κ3) is 4.67. The minimum absolute atomic E-state index is 0.0975. The molecule has 1 aromatic carbocycles. The van der Waals surface area contributed by atoms with Crippen LogP contribution in [-0.2, 0) is 9.53 Å². The van der Waals surface area contributed by atoms with Crippen molar-refractivity contribution in [3.05, 3.63) is 34.6 Å². The number of halogens is 2. The molecule has 23 heavy (non-hydrogen) atoms. The number of rotatable bonds is 4. The van der Waals surface area contributed by atoms with Crippen LogP contribution in [0.15, 0.2) is 18.2 Å². The van der Waals surface area contributed by atoms with Crippen LogP contribution in [0.3, 0.4) is 0 Å². The normalized spacial score (nSPS) is 22.3. The predicted molar refractivity (Wildman–Crippen MR) is 85.9 cm³/mol. The predicted octanol–water partition coefficient (Wildman–Crippen LogP) is 3.72. The number of esters is 1. The molecular formula is C17H21ClFNO3. The summed E-state index contributed by atoms with van der Waals surface area (Å²) in [6, 6.07) is 3.72. The molecule has 1 saturated carbocycles. The van der Waals surface area contributed by atoms with Crippen molar-refractivity contribution >= 4 is 23.5 Å². The minimum atomic E-state index is -0.991. The van der Waals surface area contributed by atoms with Gasteiger partial charge in [-0.05, 0) is 43.9 Å². The molecule has 0 radical (unpaired) electrons. The molecular weight excluding hydrogens is 321 g/mol. The fourth-order valence-corrected chi connectivity index (χ4v) is 2.93. The van der Waals surface area contributed by atoms with E-state index in [1.165, 1.54) is 25.5 Å². The van der Waals surface area contributed by atoms with E-state index < -0.39 is 17.9 Å². The van der Waals surface area contributed by atoms with Crippen LogP contribution in [-0.4, -0.2) is 24.0 Å². The summed E-state index contributed by atoms with van der Waals surface area (Å²) in [5.74, 6) is -1.59. The number of hydrogen-bond acceptors (Lipinski definition) is 3. The Balaban J connectivity index is 1.94. The molecule has 0 saturated heterocycles. The Morgan fingerprint density at radius 3 is 2.74 bits per heavy atom. The first-order valence-corrected chi connectivity index (χ1v) is 8.22. The van der Waals surface area contributed by atoms with E-state index in [0.717, 1.165) is 25.3 Å². The minimum Gasteiger partial charge on any atom is -0.449 e. The molecule has 1 fully saturated rings. The second-order valence-corrected chi connectivity index (χ2v) is 6.48. The Labute approximate surface area is 140 Å². The highest BCUT2D eigenvalue weighted by Crippen LogP contribution is 2.24. The van der Waals surface area contributed by atoms with Crippen LogP contribution in [0.1, 0.15) is 49.9 Å². The lowest BCUT2D eigenvalue weighted by Crippen LogP contribution is -2.46. The average Bonchev–Trinajstić information content (AvgIpc) is 2.51. The molecule has 1 aliphatic carbocycles. The molecule has 6 heteroatoms. The zero-order chi connectivity index (χ0) is 17.0. The Morgan fingerprint density at radius 2 is 2.04 bits per heavy atom. The van der Waals surface area contributed by atoms with Gasteiger partial charge in [0.25, 0.3) is 5.91 Å². The van der Waals surface area contributed by atoms with Crippen molar-refractivity contribution in [2.45, 2.75) is 51.7 Å². The number of carbonyl (C=O) groups is 2. The van der Waals surface area contributed by atoms with Crippen molar-refractivity contribution in [3.63, 3.8) is 0 Å². The zero-order valence-electron chi connectivity index (χ0n) is 13.3. The maximum atomic E-state index is 13.6. The summed E-state index contributed by atoms with van der Waals surface area (Å²) in [6.45, 7) is 3.57. The van der Waals surface area contributed by atoms with Crippen LogP contribution in [0.25, 0.3) is 0 Å². The topological polar surface area (TPSA) is 55.4 Å². The summed E-state index contributed by atoms with van der Waals surface area (Å²) in [5, 5.41) is 3.14. The molecule has 0 aromatic heterocycles. The molecule has 2 rings (SSSR count). The van der Waals surface area contributed by atoms with E-state index in [2.05, 4.69) is 12.2 Å². The third-order valence-corrected chi connectivity index (χ3v) is 4.48. The quantitative estimate of drug-likeness (QED) is 0.849. The molecule has 0 heterocycles. The molecule has 1 aliphatic rings. The lowest BCUT2D eigenvalue weighted by molar-refractivity contribution is -0.130. The van der Waals surface area contributed by atoms with E-state index in [9.17, 15) is 14.0 Å². The van der Waals surface area contributed by atoms with Crippen LogP contribution < -0.4 is 5.32 Å². The number of nitrogens with one attached hydrogen (secondary N) is 1. The van der Waals surface area contributed by atoms with Crippen molar-refractivity contribution in [2.24, 2.45) is 5.92 Å². The zero-order valence-corrected chi connectivity index (χ0v) is 14.0. The first-order chi connectivity index (χ1) is 10.9. The molecule has 3 atom stereocenters. The molecule has 1 amide bonds. The maximum absolute atomic E-state index is 13.6. The molecule has 0 aliphatic heterocycles. The smallest absolute Gasteiger partial charge is 0.341 e. The van der Waals surface area contributed by atoms with E-state index in [-0.39, 0.29) is 22.5 Å². The van der Waals surface area contributed by atoms with Crippen LogP contribution in [0.5, 0.6) is 0 Å². The Hall–Kier alpha value is -1.62. The summed E-state index contributed by atoms with van der Waals surface area (Å²) < 4.78 is 18.7. The Bertz CT molecular complexity index is 593. The van der Waals surface area contributed by atoms with Gasteiger partial charge in [0.05, 0.1) is 5.56 Å². The largest absolute Gasteiger partial charge is 0.449 e. The molecule has 1 N–H and O–H groups in total. The van der Waals surface area contributed by atoms with Crippen molar-refractivity contribution in [1.82, 2.24) is 5.32 Å². The summed E-state index contributed by atoms with van der Waals surface area (Å²) in [4.78, 5) is 24.2. The van der Waals surface area contributed by atoms with E-state index in [4.69, 9.17) is 16.3 Å². The first-order valence-electron chi connectivity index (χ1n) is 7.85. The fraction of sp³-hybridized carbons (Fsp3) is 0.529. The van der Waals surface area contributed by atoms with Crippen LogP contribution in [0.4, 0.5) is 4.39 Å². The van der Waals surface area contributed by atoms with Gasteiger partial charge in [-0.1, -0.05) is 31.4 Å². The summed E-state index contributed by atoms with van der Waals surface area (Å²) >= 11 is 5.75. The molecule has 4 nitrogen and oxygen atoms in total. The van der Waals surface area contributed by atoms with Gasteiger partial charge >= 0.3 is 5.97 Å². The highest BCUT2D eigenvalue weighted by atomic mass is 35.5. The van der Waals surface area contributed by atoms with Gasteiger partial charge in [0.15, 0.2) is 6.10 Å². The highest BCUT2D eigenvalue weighted by Gasteiger charge is 2.27. The van der Waals surface area contributed by atoms with Gasteiger partial charge in [-0.25, -0.2) is 9.18 Å². The van der Waals surface area contributed by atoms with Crippen LogP contribution >= 0.6 is 11.6 Å². The molecule has 0 spiro atoms. The second kappa shape index (κ2) is 7.77. The van der Waals surface area contributed by atoms with Gasteiger partial charge in [-0.3, -0.25) is 4.79 Å². The number of benzene rings is 1. The fourth-order valence-electron chi connectivity index (χ4n) is 2.76. The lowest BCUT2D eigenvalue weighted by Gasteiger charge is -2.30. The van der Waals surface area contributed by atoms with E-state index in [1.54, 1.807) is 0 Å². The van der Waals surface area contributed by atoms with Crippen molar-refractivity contribution in [3.8, 4) is 0 Å².